The fourth-order valence-electron chi connectivity index (χ4n) is 2.60. The van der Waals surface area contributed by atoms with Crippen LogP contribution in [0.3, 0.4) is 0 Å². The fourth-order valence-corrected chi connectivity index (χ4v) is 2.60. The molecule has 2 N–H and O–H groups in total. The van der Waals surface area contributed by atoms with E-state index >= 15 is 0 Å². The summed E-state index contributed by atoms with van der Waals surface area (Å²) in [6.45, 7) is 0.531. The number of hydrogen-bond acceptors (Lipinski definition) is 3. The monoisotopic (exact) mass is 342 g/mol. The minimum absolute atomic E-state index is 0.0866. The van der Waals surface area contributed by atoms with Gasteiger partial charge in [0.2, 0.25) is 11.8 Å². The van der Waals surface area contributed by atoms with E-state index in [0.29, 0.717) is 30.7 Å². The molecule has 0 bridgehead atoms. The van der Waals surface area contributed by atoms with Gasteiger partial charge >= 0.3 is 0 Å². The molecular formula is C19H19FN2O3. The number of benzene rings is 2. The van der Waals surface area contributed by atoms with Crippen LogP contribution in [0.1, 0.15) is 24.0 Å². The SMILES string of the molecule is O=C1CC[C@@H](C(=O)NCc2ccc(OCc3ccccc3F)cc2)N1. The van der Waals surface area contributed by atoms with E-state index in [0.717, 1.165) is 5.56 Å². The van der Waals surface area contributed by atoms with Gasteiger partial charge < -0.3 is 15.4 Å². The van der Waals surface area contributed by atoms with E-state index in [1.165, 1.54) is 6.07 Å². The Morgan fingerprint density at radius 1 is 1.20 bits per heavy atom. The Hall–Kier alpha value is -2.89. The molecule has 130 valence electrons. The molecule has 2 aromatic rings. The van der Waals surface area contributed by atoms with E-state index in [4.69, 9.17) is 4.74 Å². The van der Waals surface area contributed by atoms with E-state index in [1.54, 1.807) is 30.3 Å². The van der Waals surface area contributed by atoms with Crippen molar-refractivity contribution in [1.82, 2.24) is 10.6 Å². The molecule has 2 aromatic carbocycles. The van der Waals surface area contributed by atoms with Gasteiger partial charge in [0.25, 0.3) is 0 Å². The largest absolute Gasteiger partial charge is 0.489 e. The van der Waals surface area contributed by atoms with E-state index in [9.17, 15) is 14.0 Å². The van der Waals surface area contributed by atoms with Gasteiger partial charge in [0, 0.05) is 18.5 Å². The van der Waals surface area contributed by atoms with Gasteiger partial charge in [0.05, 0.1) is 0 Å². The molecular weight excluding hydrogens is 323 g/mol. The molecule has 5 nitrogen and oxygen atoms in total. The number of hydrogen-bond donors (Lipinski definition) is 2. The Morgan fingerprint density at radius 3 is 2.64 bits per heavy atom. The first-order valence-electron chi connectivity index (χ1n) is 8.14. The molecule has 0 radical (unpaired) electrons. The van der Waals surface area contributed by atoms with Crippen LogP contribution in [0.5, 0.6) is 5.75 Å². The lowest BCUT2D eigenvalue weighted by Crippen LogP contribution is -2.41. The van der Waals surface area contributed by atoms with Gasteiger partial charge in [-0.05, 0) is 30.2 Å². The van der Waals surface area contributed by atoms with Gasteiger partial charge in [-0.2, -0.15) is 0 Å². The molecule has 1 saturated heterocycles. The van der Waals surface area contributed by atoms with Crippen LogP contribution in [0.15, 0.2) is 48.5 Å². The van der Waals surface area contributed by atoms with Crippen LogP contribution in [0.25, 0.3) is 0 Å². The molecule has 6 heteroatoms. The number of ether oxygens (including phenoxy) is 1. The molecule has 25 heavy (non-hydrogen) atoms. The third kappa shape index (κ3) is 4.56. The van der Waals surface area contributed by atoms with Gasteiger partial charge in [-0.25, -0.2) is 4.39 Å². The standard InChI is InChI=1S/C19H19FN2O3/c20-16-4-2-1-3-14(16)12-25-15-7-5-13(6-8-15)11-21-19(24)17-9-10-18(23)22-17/h1-8,17H,9-12H2,(H,21,24)(H,22,23)/t17-/m0/s1. The summed E-state index contributed by atoms with van der Waals surface area (Å²) in [7, 11) is 0. The van der Waals surface area contributed by atoms with Crippen LogP contribution in [0.2, 0.25) is 0 Å². The first kappa shape index (κ1) is 17.0. The smallest absolute Gasteiger partial charge is 0.242 e. The fraction of sp³-hybridized carbons (Fsp3) is 0.263. The van der Waals surface area contributed by atoms with Gasteiger partial charge in [0.1, 0.15) is 24.2 Å². The zero-order valence-corrected chi connectivity index (χ0v) is 13.6. The normalized spacial score (nSPS) is 16.4. The number of amides is 2. The molecule has 0 aromatic heterocycles. The summed E-state index contributed by atoms with van der Waals surface area (Å²) < 4.78 is 19.1. The molecule has 1 heterocycles. The molecule has 0 spiro atoms. The second kappa shape index (κ2) is 7.79. The summed E-state index contributed by atoms with van der Waals surface area (Å²) >= 11 is 0. The van der Waals surface area contributed by atoms with Crippen LogP contribution in [-0.4, -0.2) is 17.9 Å². The number of rotatable bonds is 6. The van der Waals surface area contributed by atoms with Crippen molar-refractivity contribution in [3.05, 3.63) is 65.5 Å². The zero-order chi connectivity index (χ0) is 17.6. The predicted molar refractivity (Wildman–Crippen MR) is 90.2 cm³/mol. The zero-order valence-electron chi connectivity index (χ0n) is 13.6. The second-order valence-electron chi connectivity index (χ2n) is 5.90. The lowest BCUT2D eigenvalue weighted by molar-refractivity contribution is -0.125. The van der Waals surface area contributed by atoms with Crippen LogP contribution in [-0.2, 0) is 22.7 Å². The molecule has 0 aliphatic carbocycles. The quantitative estimate of drug-likeness (QED) is 0.846. The van der Waals surface area contributed by atoms with Gasteiger partial charge in [0.15, 0.2) is 0 Å². The molecule has 2 amide bonds. The highest BCUT2D eigenvalue weighted by molar-refractivity contribution is 5.90. The average Bonchev–Trinajstić information content (AvgIpc) is 3.06. The minimum atomic E-state index is -0.434. The van der Waals surface area contributed by atoms with Gasteiger partial charge in [-0.1, -0.05) is 30.3 Å². The van der Waals surface area contributed by atoms with E-state index in [2.05, 4.69) is 10.6 Å². The van der Waals surface area contributed by atoms with Gasteiger partial charge in [-0.15, -0.1) is 0 Å². The minimum Gasteiger partial charge on any atom is -0.489 e. The maximum Gasteiger partial charge on any atom is 0.242 e. The third-order valence-electron chi connectivity index (χ3n) is 4.05. The van der Waals surface area contributed by atoms with Crippen molar-refractivity contribution < 1.29 is 18.7 Å². The molecule has 1 aliphatic rings. The maximum atomic E-state index is 13.5. The summed E-state index contributed by atoms with van der Waals surface area (Å²) in [6.07, 6.45) is 0.930. The van der Waals surface area contributed by atoms with E-state index < -0.39 is 6.04 Å². The van der Waals surface area contributed by atoms with Crippen molar-refractivity contribution in [2.45, 2.75) is 32.0 Å². The van der Waals surface area contributed by atoms with Crippen molar-refractivity contribution in [3.63, 3.8) is 0 Å². The lowest BCUT2D eigenvalue weighted by atomic mass is 10.2. The highest BCUT2D eigenvalue weighted by atomic mass is 19.1. The van der Waals surface area contributed by atoms with Crippen LogP contribution < -0.4 is 15.4 Å². The highest BCUT2D eigenvalue weighted by Gasteiger charge is 2.26. The topological polar surface area (TPSA) is 67.4 Å². The predicted octanol–water partition coefficient (Wildman–Crippen LogP) is 2.30. The van der Waals surface area contributed by atoms with Crippen molar-refractivity contribution in [3.8, 4) is 5.75 Å². The van der Waals surface area contributed by atoms with Crippen molar-refractivity contribution in [2.75, 3.05) is 0 Å². The summed E-state index contributed by atoms with van der Waals surface area (Å²) in [6, 6.07) is 13.3. The van der Waals surface area contributed by atoms with Crippen molar-refractivity contribution >= 4 is 11.8 Å². The van der Waals surface area contributed by atoms with Crippen molar-refractivity contribution in [1.29, 1.82) is 0 Å². The van der Waals surface area contributed by atoms with Crippen molar-refractivity contribution in [2.24, 2.45) is 0 Å². The molecule has 3 rings (SSSR count). The Kier molecular flexibility index (Phi) is 5.28. The Morgan fingerprint density at radius 2 is 1.96 bits per heavy atom. The maximum absolute atomic E-state index is 13.5. The first-order chi connectivity index (χ1) is 12.1. The number of carbonyl (C=O) groups excluding carboxylic acids is 2. The van der Waals surface area contributed by atoms with E-state index in [1.807, 2.05) is 12.1 Å². The van der Waals surface area contributed by atoms with E-state index in [-0.39, 0.29) is 24.2 Å². The molecule has 1 fully saturated rings. The van der Waals surface area contributed by atoms with Crippen LogP contribution in [0, 0.1) is 5.82 Å². The Balaban J connectivity index is 1.48. The Bertz CT molecular complexity index is 762. The Labute approximate surface area is 145 Å². The molecule has 0 saturated carbocycles. The number of halogens is 1. The number of nitrogens with one attached hydrogen (secondary N) is 2. The summed E-state index contributed by atoms with van der Waals surface area (Å²) in [5.74, 6) is 0.0736. The number of carbonyl (C=O) groups is 2. The lowest BCUT2D eigenvalue weighted by Gasteiger charge is -2.11. The molecule has 1 aliphatic heterocycles. The molecule has 1 atom stereocenters. The third-order valence-corrected chi connectivity index (χ3v) is 4.05. The van der Waals surface area contributed by atoms with Crippen LogP contribution in [0.4, 0.5) is 4.39 Å². The van der Waals surface area contributed by atoms with Crippen LogP contribution >= 0.6 is 0 Å². The first-order valence-corrected chi connectivity index (χ1v) is 8.14. The second-order valence-corrected chi connectivity index (χ2v) is 5.90. The average molecular weight is 342 g/mol. The van der Waals surface area contributed by atoms with Gasteiger partial charge in [-0.3, -0.25) is 9.59 Å². The summed E-state index contributed by atoms with van der Waals surface area (Å²) in [4.78, 5) is 23.1. The summed E-state index contributed by atoms with van der Waals surface area (Å²) in [5, 5.41) is 5.44. The highest BCUT2D eigenvalue weighted by Crippen LogP contribution is 2.16. The summed E-state index contributed by atoms with van der Waals surface area (Å²) in [5.41, 5.74) is 1.41. The molecule has 0 unspecified atom stereocenters.